The van der Waals surface area contributed by atoms with Crippen LogP contribution in [0.25, 0.3) is 0 Å². The van der Waals surface area contributed by atoms with Crippen molar-refractivity contribution in [3.05, 3.63) is 76.6 Å². The second-order valence-corrected chi connectivity index (χ2v) is 8.60. The van der Waals surface area contributed by atoms with E-state index in [2.05, 4.69) is 0 Å². The van der Waals surface area contributed by atoms with Gasteiger partial charge >= 0.3 is 5.97 Å². The summed E-state index contributed by atoms with van der Waals surface area (Å²) in [6.07, 6.45) is 0. The fraction of sp³-hybridized carbons (Fsp3) is 0.320. The molecule has 1 aliphatic heterocycles. The van der Waals surface area contributed by atoms with E-state index in [4.69, 9.17) is 4.74 Å². The van der Waals surface area contributed by atoms with Gasteiger partial charge in [-0.25, -0.2) is 4.79 Å². The first-order valence-electron chi connectivity index (χ1n) is 10.2. The molecule has 0 aliphatic carbocycles. The Labute approximate surface area is 182 Å². The van der Waals surface area contributed by atoms with Gasteiger partial charge in [0, 0.05) is 11.1 Å². The van der Waals surface area contributed by atoms with Crippen molar-refractivity contribution >= 4 is 23.3 Å². The number of aliphatic hydroxyl groups excluding tert-OH is 1. The molecule has 1 N–H and O–H groups in total. The molecule has 2 aromatic rings. The molecular formula is C25H27NO5. The molecule has 0 saturated carbocycles. The van der Waals surface area contributed by atoms with E-state index in [1.54, 1.807) is 45.9 Å². The van der Waals surface area contributed by atoms with Crippen molar-refractivity contribution in [3.8, 4) is 0 Å². The molecule has 1 atom stereocenters. The van der Waals surface area contributed by atoms with Crippen molar-refractivity contribution in [1.82, 2.24) is 0 Å². The van der Waals surface area contributed by atoms with Crippen LogP contribution in [0.15, 0.2) is 59.9 Å². The van der Waals surface area contributed by atoms with Crippen molar-refractivity contribution in [3.63, 3.8) is 0 Å². The average Bonchev–Trinajstić information content (AvgIpc) is 2.98. The Kier molecular flexibility index (Phi) is 6.02. The summed E-state index contributed by atoms with van der Waals surface area (Å²) >= 11 is 0. The van der Waals surface area contributed by atoms with Gasteiger partial charge in [0.1, 0.15) is 0 Å². The van der Waals surface area contributed by atoms with Crippen molar-refractivity contribution in [2.45, 2.75) is 40.7 Å². The van der Waals surface area contributed by atoms with Crippen molar-refractivity contribution in [2.24, 2.45) is 5.41 Å². The lowest BCUT2D eigenvalue weighted by Crippen LogP contribution is -2.33. The molecule has 0 radical (unpaired) electrons. The smallest absolute Gasteiger partial charge is 0.338 e. The van der Waals surface area contributed by atoms with Crippen LogP contribution in [-0.2, 0) is 14.3 Å². The number of Topliss-reactive ketones (excluding diaryl/α,β-unsaturated/α-hetero) is 1. The number of nitrogens with zero attached hydrogens (tertiary/aromatic N) is 1. The third kappa shape index (κ3) is 4.24. The summed E-state index contributed by atoms with van der Waals surface area (Å²) in [5, 5.41) is 10.8. The summed E-state index contributed by atoms with van der Waals surface area (Å²) in [5.41, 5.74) is 1.60. The monoisotopic (exact) mass is 421 g/mol. The number of hydrogen-bond acceptors (Lipinski definition) is 5. The quantitative estimate of drug-likeness (QED) is 0.708. The van der Waals surface area contributed by atoms with Crippen LogP contribution in [0.4, 0.5) is 5.69 Å². The zero-order valence-corrected chi connectivity index (χ0v) is 18.4. The van der Waals surface area contributed by atoms with E-state index in [-0.39, 0.29) is 23.5 Å². The summed E-state index contributed by atoms with van der Waals surface area (Å²) in [4.78, 5) is 40.0. The zero-order chi connectivity index (χ0) is 22.9. The van der Waals surface area contributed by atoms with Gasteiger partial charge in [0.25, 0.3) is 5.91 Å². The van der Waals surface area contributed by atoms with E-state index in [0.29, 0.717) is 11.3 Å². The Morgan fingerprint density at radius 2 is 1.77 bits per heavy atom. The Morgan fingerprint density at radius 1 is 1.10 bits per heavy atom. The second-order valence-electron chi connectivity index (χ2n) is 8.60. The highest BCUT2D eigenvalue weighted by atomic mass is 16.5. The molecule has 1 amide bonds. The highest BCUT2D eigenvalue weighted by molar-refractivity contribution is 6.17. The van der Waals surface area contributed by atoms with E-state index in [1.807, 2.05) is 31.2 Å². The van der Waals surface area contributed by atoms with Gasteiger partial charge in [-0.05, 0) is 37.6 Å². The van der Waals surface area contributed by atoms with Gasteiger partial charge in [-0.1, -0.05) is 56.7 Å². The van der Waals surface area contributed by atoms with E-state index in [9.17, 15) is 19.5 Å². The molecule has 0 saturated heterocycles. The molecule has 162 valence electrons. The summed E-state index contributed by atoms with van der Waals surface area (Å²) in [7, 11) is 0. The molecule has 0 fully saturated rings. The number of amides is 1. The predicted molar refractivity (Wildman–Crippen MR) is 118 cm³/mol. The maximum Gasteiger partial charge on any atom is 0.338 e. The number of carbonyl (C=O) groups is 3. The first-order valence-corrected chi connectivity index (χ1v) is 10.2. The van der Waals surface area contributed by atoms with Gasteiger partial charge in [-0.2, -0.15) is 0 Å². The Morgan fingerprint density at radius 3 is 2.39 bits per heavy atom. The summed E-state index contributed by atoms with van der Waals surface area (Å²) in [6, 6.07) is 13.1. The number of benzene rings is 2. The minimum Gasteiger partial charge on any atom is -0.503 e. The lowest BCUT2D eigenvalue weighted by Gasteiger charge is -2.29. The van der Waals surface area contributed by atoms with Crippen LogP contribution >= 0.6 is 0 Å². The van der Waals surface area contributed by atoms with Gasteiger partial charge in [-0.15, -0.1) is 0 Å². The number of anilines is 1. The predicted octanol–water partition coefficient (Wildman–Crippen LogP) is 4.69. The molecule has 1 unspecified atom stereocenters. The van der Waals surface area contributed by atoms with Crippen LogP contribution in [0.3, 0.4) is 0 Å². The Balaban J connectivity index is 2.18. The Bertz CT molecular complexity index is 1080. The average molecular weight is 421 g/mol. The highest BCUT2D eigenvalue weighted by Crippen LogP contribution is 2.43. The van der Waals surface area contributed by atoms with Crippen molar-refractivity contribution < 1.29 is 24.2 Å². The zero-order valence-electron chi connectivity index (χ0n) is 18.4. The van der Waals surface area contributed by atoms with E-state index < -0.39 is 29.1 Å². The molecular weight excluding hydrogens is 394 g/mol. The van der Waals surface area contributed by atoms with Crippen LogP contribution in [0.2, 0.25) is 0 Å². The van der Waals surface area contributed by atoms with E-state index >= 15 is 0 Å². The number of ether oxygens (including phenoxy) is 1. The molecule has 1 aliphatic rings. The molecule has 6 nitrogen and oxygen atoms in total. The number of hydrogen-bond donors (Lipinski definition) is 1. The fourth-order valence-corrected chi connectivity index (χ4v) is 3.66. The largest absolute Gasteiger partial charge is 0.503 e. The molecule has 1 heterocycles. The number of esters is 1. The first-order chi connectivity index (χ1) is 14.6. The summed E-state index contributed by atoms with van der Waals surface area (Å²) < 4.78 is 5.07. The van der Waals surface area contributed by atoms with Gasteiger partial charge in [-0.3, -0.25) is 14.5 Å². The van der Waals surface area contributed by atoms with Crippen LogP contribution in [0.1, 0.15) is 55.2 Å². The number of ketones is 1. The van der Waals surface area contributed by atoms with Crippen molar-refractivity contribution in [2.75, 3.05) is 11.5 Å². The molecule has 31 heavy (non-hydrogen) atoms. The maximum absolute atomic E-state index is 13.3. The molecule has 6 heteroatoms. The Hall–Kier alpha value is -3.41. The highest BCUT2D eigenvalue weighted by Gasteiger charge is 2.46. The normalized spacial score (nSPS) is 16.6. The minimum atomic E-state index is -0.809. The fourth-order valence-electron chi connectivity index (χ4n) is 3.66. The van der Waals surface area contributed by atoms with Gasteiger partial charge in [0.15, 0.2) is 11.5 Å². The second kappa shape index (κ2) is 8.38. The number of aliphatic hydroxyl groups is 1. The SMILES string of the molecule is CCOC(=O)c1cccc(N2C(=O)C(O)=C(C(=O)C(C)(C)C)C2c2cccc(C)c2)c1. The third-order valence-corrected chi connectivity index (χ3v) is 5.13. The lowest BCUT2D eigenvalue weighted by molar-refractivity contribution is -0.123. The van der Waals surface area contributed by atoms with Crippen LogP contribution < -0.4 is 4.90 Å². The summed E-state index contributed by atoms with van der Waals surface area (Å²) in [6.45, 7) is 9.10. The first kappa shape index (κ1) is 22.3. The molecule has 0 spiro atoms. The molecule has 3 rings (SSSR count). The molecule has 0 bridgehead atoms. The van der Waals surface area contributed by atoms with Gasteiger partial charge in [0.2, 0.25) is 0 Å². The molecule has 2 aromatic carbocycles. The molecule has 0 aromatic heterocycles. The number of rotatable bonds is 5. The summed E-state index contributed by atoms with van der Waals surface area (Å²) in [5.74, 6) is -2.06. The van der Waals surface area contributed by atoms with Crippen molar-refractivity contribution in [1.29, 1.82) is 0 Å². The number of carbonyl (C=O) groups excluding carboxylic acids is 3. The standard InChI is InChI=1S/C25H27NO5/c1-6-31-24(30)17-11-8-12-18(14-17)26-20(16-10-7-9-15(2)13-16)19(21(27)23(26)29)22(28)25(3,4)5/h7-14,20,27H,6H2,1-5H3. The third-order valence-electron chi connectivity index (χ3n) is 5.13. The lowest BCUT2D eigenvalue weighted by atomic mass is 9.82. The topological polar surface area (TPSA) is 83.9 Å². The van der Waals surface area contributed by atoms with E-state index in [1.165, 1.54) is 11.0 Å². The van der Waals surface area contributed by atoms with E-state index in [0.717, 1.165) is 5.56 Å². The van der Waals surface area contributed by atoms with Crippen LogP contribution in [0.5, 0.6) is 0 Å². The van der Waals surface area contributed by atoms with Gasteiger partial charge in [0.05, 0.1) is 23.8 Å². The van der Waals surface area contributed by atoms with Crippen LogP contribution in [-0.4, -0.2) is 29.4 Å². The number of aryl methyl sites for hydroxylation is 1. The van der Waals surface area contributed by atoms with Crippen LogP contribution in [0, 0.1) is 12.3 Å². The minimum absolute atomic E-state index is 0.0598. The van der Waals surface area contributed by atoms with Gasteiger partial charge < -0.3 is 9.84 Å². The maximum atomic E-state index is 13.3.